The number of oxazole rings is 1. The van der Waals surface area contributed by atoms with E-state index in [0.29, 0.717) is 29.7 Å². The minimum absolute atomic E-state index is 0.241. The lowest BCUT2D eigenvalue weighted by Gasteiger charge is -2.34. The first-order chi connectivity index (χ1) is 14.4. The van der Waals surface area contributed by atoms with Crippen LogP contribution in [0.15, 0.2) is 41.5 Å². The molecule has 1 aromatic carbocycles. The molecular weight excluding hydrogens is 404 g/mol. The molecule has 3 rings (SSSR count). The molecule has 0 aliphatic carbocycles. The number of carbonyl (C=O) groups excluding carboxylic acids is 1. The van der Waals surface area contributed by atoms with Crippen LogP contribution in [0.1, 0.15) is 34.8 Å². The second kappa shape index (κ2) is 10.7. The highest BCUT2D eigenvalue weighted by atomic mass is 35.5. The highest BCUT2D eigenvalue weighted by molar-refractivity contribution is 6.31. The lowest BCUT2D eigenvalue weighted by atomic mass is 10.1. The third-order valence-corrected chi connectivity index (χ3v) is 5.62. The summed E-state index contributed by atoms with van der Waals surface area (Å²) in [6, 6.07) is 5.36. The lowest BCUT2D eigenvalue weighted by molar-refractivity contribution is 0.0642. The van der Waals surface area contributed by atoms with Crippen molar-refractivity contribution in [1.82, 2.24) is 14.8 Å². The minimum Gasteiger partial charge on any atom is -0.447 e. The van der Waals surface area contributed by atoms with Gasteiger partial charge in [0.1, 0.15) is 6.26 Å². The number of allylic oxidation sites excluding steroid dienone is 1. The highest BCUT2D eigenvalue weighted by Crippen LogP contribution is 2.20. The highest BCUT2D eigenvalue weighted by Gasteiger charge is 2.21. The van der Waals surface area contributed by atoms with E-state index in [1.54, 1.807) is 12.1 Å². The number of amides is 1. The maximum absolute atomic E-state index is 12.4. The minimum atomic E-state index is -0.330. The monoisotopic (exact) mass is 432 g/mol. The first-order valence-corrected chi connectivity index (χ1v) is 10.6. The summed E-state index contributed by atoms with van der Waals surface area (Å²) >= 11 is 6.10. The predicted octanol–water partition coefficient (Wildman–Crippen LogP) is 3.33. The van der Waals surface area contributed by atoms with E-state index in [1.807, 2.05) is 19.1 Å². The Morgan fingerprint density at radius 1 is 1.37 bits per heavy atom. The van der Waals surface area contributed by atoms with E-state index in [-0.39, 0.29) is 17.7 Å². The Hall–Kier alpha value is -2.19. The van der Waals surface area contributed by atoms with E-state index in [0.717, 1.165) is 44.6 Å². The van der Waals surface area contributed by atoms with Gasteiger partial charge in [-0.15, -0.1) is 6.58 Å². The molecule has 162 valence electrons. The predicted molar refractivity (Wildman–Crippen MR) is 118 cm³/mol. The average Bonchev–Trinajstić information content (AvgIpc) is 3.19. The van der Waals surface area contributed by atoms with Crippen molar-refractivity contribution in [1.29, 1.82) is 0 Å². The van der Waals surface area contributed by atoms with Crippen LogP contribution in [0, 0.1) is 6.92 Å². The Morgan fingerprint density at radius 2 is 2.10 bits per heavy atom. The summed E-state index contributed by atoms with van der Waals surface area (Å²) < 4.78 is 5.50. The van der Waals surface area contributed by atoms with Gasteiger partial charge < -0.3 is 14.8 Å². The second-order valence-corrected chi connectivity index (χ2v) is 8.05. The van der Waals surface area contributed by atoms with Crippen LogP contribution < -0.4 is 5.32 Å². The Labute approximate surface area is 182 Å². The zero-order valence-electron chi connectivity index (χ0n) is 17.3. The second-order valence-electron chi connectivity index (χ2n) is 7.64. The van der Waals surface area contributed by atoms with Crippen LogP contribution in [-0.4, -0.2) is 64.6 Å². The van der Waals surface area contributed by atoms with Gasteiger partial charge >= 0.3 is 0 Å². The fourth-order valence-electron chi connectivity index (χ4n) is 3.37. The molecule has 2 aromatic rings. The Kier molecular flexibility index (Phi) is 8.04. The van der Waals surface area contributed by atoms with Crippen molar-refractivity contribution in [2.24, 2.45) is 0 Å². The number of carbonyl (C=O) groups is 1. The number of halogens is 1. The summed E-state index contributed by atoms with van der Waals surface area (Å²) in [5, 5.41) is 13.4. The van der Waals surface area contributed by atoms with E-state index in [4.69, 9.17) is 16.0 Å². The third kappa shape index (κ3) is 6.40. The standard InChI is InChI=1S/C22H29ClN4O3/c1-3-4-5-18(28)13-26-8-10-27(11-9-26)14-21-25-20(15-30-21)22(29)24-17-7-6-16(2)19(23)12-17/h3,6-7,12,15,18,28H,1,4-5,8-11,13-14H2,2H3,(H,24,29)/t18-/m1/s1. The first kappa shape index (κ1) is 22.5. The molecule has 1 atom stereocenters. The topological polar surface area (TPSA) is 81.8 Å². The van der Waals surface area contributed by atoms with Gasteiger partial charge in [-0.25, -0.2) is 4.98 Å². The summed E-state index contributed by atoms with van der Waals surface area (Å²) in [4.78, 5) is 21.2. The molecule has 1 aliphatic heterocycles. The third-order valence-electron chi connectivity index (χ3n) is 5.21. The van der Waals surface area contributed by atoms with Crippen LogP contribution in [-0.2, 0) is 6.54 Å². The average molecular weight is 433 g/mol. The summed E-state index contributed by atoms with van der Waals surface area (Å²) in [7, 11) is 0. The fourth-order valence-corrected chi connectivity index (χ4v) is 3.55. The van der Waals surface area contributed by atoms with Gasteiger partial charge in [0.25, 0.3) is 5.91 Å². The molecule has 2 N–H and O–H groups in total. The summed E-state index contributed by atoms with van der Waals surface area (Å²) in [5.74, 6) is 0.185. The van der Waals surface area contributed by atoms with Crippen molar-refractivity contribution >= 4 is 23.2 Å². The number of β-amino-alcohol motifs (C(OH)–C–C–N with tert-alkyl or cyclic N) is 1. The molecule has 7 nitrogen and oxygen atoms in total. The van der Waals surface area contributed by atoms with Gasteiger partial charge in [-0.05, 0) is 37.5 Å². The van der Waals surface area contributed by atoms with E-state index >= 15 is 0 Å². The number of benzene rings is 1. The number of aliphatic hydroxyl groups excluding tert-OH is 1. The SMILES string of the molecule is C=CCC[C@@H](O)CN1CCN(Cc2nc(C(=O)Nc3ccc(C)c(Cl)c3)co2)CC1. The summed E-state index contributed by atoms with van der Waals surface area (Å²) in [6.45, 7) is 10.3. The molecule has 0 bridgehead atoms. The van der Waals surface area contributed by atoms with Crippen molar-refractivity contribution in [2.75, 3.05) is 38.0 Å². The van der Waals surface area contributed by atoms with E-state index in [9.17, 15) is 9.90 Å². The molecule has 0 saturated carbocycles. The largest absolute Gasteiger partial charge is 0.447 e. The molecule has 8 heteroatoms. The van der Waals surface area contributed by atoms with E-state index in [1.165, 1.54) is 6.26 Å². The van der Waals surface area contributed by atoms with Crippen molar-refractivity contribution in [3.8, 4) is 0 Å². The summed E-state index contributed by atoms with van der Waals surface area (Å²) in [6.07, 6.45) is 4.48. The zero-order chi connectivity index (χ0) is 21.5. The number of nitrogens with zero attached hydrogens (tertiary/aromatic N) is 3. The molecule has 30 heavy (non-hydrogen) atoms. The Morgan fingerprint density at radius 3 is 2.80 bits per heavy atom. The quantitative estimate of drug-likeness (QED) is 0.591. The molecular formula is C22H29ClN4O3. The summed E-state index contributed by atoms with van der Waals surface area (Å²) in [5.41, 5.74) is 1.81. The maximum atomic E-state index is 12.4. The number of piperazine rings is 1. The number of hydrogen-bond acceptors (Lipinski definition) is 6. The molecule has 1 fully saturated rings. The molecule has 0 radical (unpaired) electrons. The van der Waals surface area contributed by atoms with Crippen molar-refractivity contribution in [3.05, 3.63) is 59.3 Å². The van der Waals surface area contributed by atoms with E-state index in [2.05, 4.69) is 26.7 Å². The molecule has 1 amide bonds. The molecule has 1 saturated heterocycles. The molecule has 1 aliphatic rings. The van der Waals surface area contributed by atoms with Gasteiger partial charge in [-0.2, -0.15) is 0 Å². The molecule has 0 unspecified atom stereocenters. The number of aliphatic hydroxyl groups is 1. The number of nitrogens with one attached hydrogen (secondary N) is 1. The smallest absolute Gasteiger partial charge is 0.277 e. The van der Waals surface area contributed by atoms with Crippen molar-refractivity contribution in [2.45, 2.75) is 32.4 Å². The number of hydrogen-bond donors (Lipinski definition) is 2. The van der Waals surface area contributed by atoms with Crippen LogP contribution in [0.2, 0.25) is 5.02 Å². The van der Waals surface area contributed by atoms with Crippen molar-refractivity contribution in [3.63, 3.8) is 0 Å². The number of aromatic nitrogens is 1. The lowest BCUT2D eigenvalue weighted by Crippen LogP contribution is -2.48. The number of anilines is 1. The van der Waals surface area contributed by atoms with Crippen molar-refractivity contribution < 1.29 is 14.3 Å². The van der Waals surface area contributed by atoms with E-state index < -0.39 is 0 Å². The Bertz CT molecular complexity index is 862. The van der Waals surface area contributed by atoms with Gasteiger partial charge in [0.15, 0.2) is 5.69 Å². The van der Waals surface area contributed by atoms with Crippen LogP contribution in [0.25, 0.3) is 0 Å². The number of aryl methyl sites for hydroxylation is 1. The Balaban J connectivity index is 1.46. The van der Waals surface area contributed by atoms with Crippen LogP contribution >= 0.6 is 11.6 Å². The van der Waals surface area contributed by atoms with Gasteiger partial charge in [0, 0.05) is 43.4 Å². The zero-order valence-corrected chi connectivity index (χ0v) is 18.1. The molecule has 2 heterocycles. The van der Waals surface area contributed by atoms with Crippen LogP contribution in [0.5, 0.6) is 0 Å². The van der Waals surface area contributed by atoms with Gasteiger partial charge in [0.05, 0.1) is 12.6 Å². The maximum Gasteiger partial charge on any atom is 0.277 e. The molecule has 1 aromatic heterocycles. The van der Waals surface area contributed by atoms with Gasteiger partial charge in [-0.3, -0.25) is 14.6 Å². The van der Waals surface area contributed by atoms with Crippen LogP contribution in [0.4, 0.5) is 5.69 Å². The van der Waals surface area contributed by atoms with Gasteiger partial charge in [0.2, 0.25) is 5.89 Å². The normalized spacial score (nSPS) is 16.4. The molecule has 0 spiro atoms. The number of rotatable bonds is 9. The first-order valence-electron chi connectivity index (χ1n) is 10.2. The van der Waals surface area contributed by atoms with Gasteiger partial charge in [-0.1, -0.05) is 23.7 Å². The fraction of sp³-hybridized carbons (Fsp3) is 0.455. The van der Waals surface area contributed by atoms with Crippen LogP contribution in [0.3, 0.4) is 0 Å².